The third-order valence-corrected chi connectivity index (χ3v) is 4.21. The quantitative estimate of drug-likeness (QED) is 0.843. The number of carboxylic acid groups (broad SMARTS) is 1. The molecule has 0 spiro atoms. The summed E-state index contributed by atoms with van der Waals surface area (Å²) in [4.78, 5) is 22.9. The number of amides is 1. The van der Waals surface area contributed by atoms with Crippen LogP contribution in [0.2, 0.25) is 0 Å². The van der Waals surface area contributed by atoms with Crippen LogP contribution in [0.3, 0.4) is 0 Å². The first kappa shape index (κ1) is 16.3. The second-order valence-electron chi connectivity index (χ2n) is 5.92. The van der Waals surface area contributed by atoms with Gasteiger partial charge in [-0.15, -0.1) is 0 Å². The minimum Gasteiger partial charge on any atom is -0.481 e. The Morgan fingerprint density at radius 3 is 2.45 bits per heavy atom. The molecule has 1 amide bonds. The van der Waals surface area contributed by atoms with Gasteiger partial charge >= 0.3 is 12.1 Å². The van der Waals surface area contributed by atoms with Crippen molar-refractivity contribution in [2.45, 2.75) is 57.1 Å². The highest BCUT2D eigenvalue weighted by Gasteiger charge is 2.34. The first-order valence-electron chi connectivity index (χ1n) is 7.80. The summed E-state index contributed by atoms with van der Waals surface area (Å²) in [6, 6.07) is 9.49. The Morgan fingerprint density at radius 1 is 1.14 bits per heavy atom. The van der Waals surface area contributed by atoms with E-state index in [0.29, 0.717) is 6.42 Å². The predicted molar refractivity (Wildman–Crippen MR) is 82.4 cm³/mol. The zero-order valence-electron chi connectivity index (χ0n) is 12.7. The number of carbonyl (C=O) groups is 2. The van der Waals surface area contributed by atoms with Gasteiger partial charge in [0.05, 0.1) is 0 Å². The highest BCUT2D eigenvalue weighted by atomic mass is 16.5. The maximum atomic E-state index is 12.1. The Balaban J connectivity index is 1.88. The number of hydrogen-bond donors (Lipinski definition) is 2. The SMILES string of the molecule is O=C(O)CCC1(NC(=O)OCc2ccccc2)CCCCC1. The van der Waals surface area contributed by atoms with E-state index in [1.165, 1.54) is 0 Å². The summed E-state index contributed by atoms with van der Waals surface area (Å²) in [5.41, 5.74) is 0.505. The molecule has 0 radical (unpaired) electrons. The molecule has 5 nitrogen and oxygen atoms in total. The van der Waals surface area contributed by atoms with Crippen molar-refractivity contribution in [3.63, 3.8) is 0 Å². The lowest BCUT2D eigenvalue weighted by Gasteiger charge is -2.37. The number of ether oxygens (including phenoxy) is 1. The van der Waals surface area contributed by atoms with Crippen molar-refractivity contribution in [1.29, 1.82) is 0 Å². The minimum atomic E-state index is -0.829. The molecule has 120 valence electrons. The molecule has 5 heteroatoms. The number of aliphatic carboxylic acids is 1. The van der Waals surface area contributed by atoms with Gasteiger partial charge in [0, 0.05) is 12.0 Å². The molecule has 2 N–H and O–H groups in total. The summed E-state index contributed by atoms with van der Waals surface area (Å²) in [7, 11) is 0. The van der Waals surface area contributed by atoms with Crippen LogP contribution in [0.1, 0.15) is 50.5 Å². The molecule has 0 saturated heterocycles. The third kappa shape index (κ3) is 5.06. The average molecular weight is 305 g/mol. The molecule has 0 unspecified atom stereocenters. The van der Waals surface area contributed by atoms with Gasteiger partial charge in [0.2, 0.25) is 0 Å². The van der Waals surface area contributed by atoms with E-state index in [-0.39, 0.29) is 13.0 Å². The number of nitrogens with one attached hydrogen (secondary N) is 1. The first-order valence-corrected chi connectivity index (χ1v) is 7.80. The molecule has 0 heterocycles. The standard InChI is InChI=1S/C17H23NO4/c19-15(20)9-12-17(10-5-2-6-11-17)18-16(21)22-13-14-7-3-1-4-8-14/h1,3-4,7-8H,2,5-6,9-13H2,(H,18,21)(H,19,20). The minimum absolute atomic E-state index is 0.0684. The lowest BCUT2D eigenvalue weighted by molar-refractivity contribution is -0.137. The molecule has 0 atom stereocenters. The Morgan fingerprint density at radius 2 is 1.82 bits per heavy atom. The zero-order chi connectivity index (χ0) is 15.8. The van der Waals surface area contributed by atoms with Crippen LogP contribution in [-0.2, 0) is 16.1 Å². The number of rotatable bonds is 6. The van der Waals surface area contributed by atoms with Crippen LogP contribution >= 0.6 is 0 Å². The van der Waals surface area contributed by atoms with E-state index < -0.39 is 17.6 Å². The van der Waals surface area contributed by atoms with Crippen LogP contribution in [0.15, 0.2) is 30.3 Å². The van der Waals surface area contributed by atoms with Gasteiger partial charge in [-0.1, -0.05) is 49.6 Å². The molecule has 1 aliphatic rings. The first-order chi connectivity index (χ1) is 10.6. The summed E-state index contributed by atoms with van der Waals surface area (Å²) < 4.78 is 5.27. The Hall–Kier alpha value is -2.04. The van der Waals surface area contributed by atoms with Crippen molar-refractivity contribution in [2.75, 3.05) is 0 Å². The predicted octanol–water partition coefficient (Wildman–Crippen LogP) is 3.48. The van der Waals surface area contributed by atoms with Gasteiger partial charge in [-0.05, 0) is 24.8 Å². The van der Waals surface area contributed by atoms with Crippen molar-refractivity contribution >= 4 is 12.1 Å². The van der Waals surface area contributed by atoms with Gasteiger partial charge in [-0.25, -0.2) is 4.79 Å². The maximum Gasteiger partial charge on any atom is 0.407 e. The van der Waals surface area contributed by atoms with Crippen molar-refractivity contribution in [2.24, 2.45) is 0 Å². The van der Waals surface area contributed by atoms with Crippen LogP contribution in [-0.4, -0.2) is 22.7 Å². The van der Waals surface area contributed by atoms with Crippen molar-refractivity contribution in [1.82, 2.24) is 5.32 Å². The fourth-order valence-electron chi connectivity index (χ4n) is 2.99. The lowest BCUT2D eigenvalue weighted by Crippen LogP contribution is -2.50. The number of carbonyl (C=O) groups excluding carboxylic acids is 1. The Kier molecular flexibility index (Phi) is 5.81. The van der Waals surface area contributed by atoms with Crippen molar-refractivity contribution < 1.29 is 19.4 Å². The van der Waals surface area contributed by atoms with Crippen LogP contribution in [0.4, 0.5) is 4.79 Å². The molecule has 0 bridgehead atoms. The summed E-state index contributed by atoms with van der Waals surface area (Å²) in [5, 5.41) is 11.8. The third-order valence-electron chi connectivity index (χ3n) is 4.21. The molecule has 22 heavy (non-hydrogen) atoms. The van der Waals surface area contributed by atoms with Gasteiger partial charge < -0.3 is 15.2 Å². The summed E-state index contributed by atoms with van der Waals surface area (Å²) >= 11 is 0. The topological polar surface area (TPSA) is 75.6 Å². The van der Waals surface area contributed by atoms with Crippen LogP contribution in [0, 0.1) is 0 Å². The van der Waals surface area contributed by atoms with Gasteiger partial charge in [0.15, 0.2) is 0 Å². The summed E-state index contributed by atoms with van der Waals surface area (Å²) in [6.07, 6.45) is 4.87. The van der Waals surface area contributed by atoms with Gasteiger partial charge in [0.25, 0.3) is 0 Å². The van der Waals surface area contributed by atoms with E-state index >= 15 is 0 Å². The molecule has 1 aromatic carbocycles. The largest absolute Gasteiger partial charge is 0.481 e. The number of benzene rings is 1. The molecular weight excluding hydrogens is 282 g/mol. The van der Waals surface area contributed by atoms with E-state index in [9.17, 15) is 9.59 Å². The molecule has 0 aromatic heterocycles. The summed E-state index contributed by atoms with van der Waals surface area (Å²) in [5.74, 6) is -0.829. The average Bonchev–Trinajstić information content (AvgIpc) is 2.53. The molecule has 2 rings (SSSR count). The smallest absolute Gasteiger partial charge is 0.407 e. The van der Waals surface area contributed by atoms with Gasteiger partial charge in [0.1, 0.15) is 6.61 Å². The van der Waals surface area contributed by atoms with E-state index in [1.807, 2.05) is 30.3 Å². The molecule has 1 saturated carbocycles. The normalized spacial score (nSPS) is 16.7. The fraction of sp³-hybridized carbons (Fsp3) is 0.529. The molecule has 1 fully saturated rings. The van der Waals surface area contributed by atoms with Crippen LogP contribution in [0.5, 0.6) is 0 Å². The fourth-order valence-corrected chi connectivity index (χ4v) is 2.99. The number of alkyl carbamates (subject to hydrolysis) is 1. The number of hydrogen-bond acceptors (Lipinski definition) is 3. The van der Waals surface area contributed by atoms with Gasteiger partial charge in [-0.2, -0.15) is 0 Å². The molecular formula is C17H23NO4. The van der Waals surface area contributed by atoms with E-state index in [2.05, 4.69) is 5.32 Å². The van der Waals surface area contributed by atoms with Crippen molar-refractivity contribution in [3.05, 3.63) is 35.9 Å². The highest BCUT2D eigenvalue weighted by molar-refractivity contribution is 5.69. The van der Waals surface area contributed by atoms with Gasteiger partial charge in [-0.3, -0.25) is 4.79 Å². The van der Waals surface area contributed by atoms with E-state index in [4.69, 9.17) is 9.84 Å². The Bertz CT molecular complexity index is 495. The summed E-state index contributed by atoms with van der Waals surface area (Å²) in [6.45, 7) is 0.224. The second-order valence-corrected chi connectivity index (χ2v) is 5.92. The van der Waals surface area contributed by atoms with Crippen LogP contribution < -0.4 is 5.32 Å². The molecule has 0 aliphatic heterocycles. The van der Waals surface area contributed by atoms with Crippen molar-refractivity contribution in [3.8, 4) is 0 Å². The highest BCUT2D eigenvalue weighted by Crippen LogP contribution is 2.32. The van der Waals surface area contributed by atoms with E-state index in [1.54, 1.807) is 0 Å². The monoisotopic (exact) mass is 305 g/mol. The Labute approximate surface area is 130 Å². The molecule has 1 aromatic rings. The molecule has 1 aliphatic carbocycles. The second kappa shape index (κ2) is 7.82. The maximum absolute atomic E-state index is 12.1. The van der Waals surface area contributed by atoms with Crippen LogP contribution in [0.25, 0.3) is 0 Å². The number of carboxylic acids is 1. The van der Waals surface area contributed by atoms with E-state index in [0.717, 1.165) is 37.7 Å². The lowest BCUT2D eigenvalue weighted by atomic mass is 9.78. The zero-order valence-corrected chi connectivity index (χ0v) is 12.7.